The Morgan fingerprint density at radius 3 is 2.94 bits per heavy atom. The summed E-state index contributed by atoms with van der Waals surface area (Å²) >= 11 is 0. The summed E-state index contributed by atoms with van der Waals surface area (Å²) in [4.78, 5) is 5.90. The number of aromatic nitrogens is 1. The lowest BCUT2D eigenvalue weighted by Gasteiger charge is -2.26. The van der Waals surface area contributed by atoms with Crippen LogP contribution in [0.4, 0.5) is 4.39 Å². The highest BCUT2D eigenvalue weighted by atomic mass is 19.1. The molecule has 0 bridgehead atoms. The van der Waals surface area contributed by atoms with Crippen LogP contribution in [0.15, 0.2) is 18.5 Å². The van der Waals surface area contributed by atoms with E-state index in [0.29, 0.717) is 6.54 Å². The predicted molar refractivity (Wildman–Crippen MR) is 59.3 cm³/mol. The van der Waals surface area contributed by atoms with E-state index < -0.39 is 0 Å². The van der Waals surface area contributed by atoms with E-state index >= 15 is 0 Å². The van der Waals surface area contributed by atoms with Gasteiger partial charge in [0.15, 0.2) is 0 Å². The molecular weight excluding hydrogens is 207 g/mol. The average molecular weight is 224 g/mol. The molecule has 3 nitrogen and oxygen atoms in total. The molecule has 0 saturated heterocycles. The second-order valence-electron chi connectivity index (χ2n) is 4.49. The number of aliphatic hydroxyl groups excluding tert-OH is 1. The van der Waals surface area contributed by atoms with Crippen molar-refractivity contribution in [3.05, 3.63) is 29.8 Å². The van der Waals surface area contributed by atoms with E-state index in [4.69, 9.17) is 0 Å². The van der Waals surface area contributed by atoms with E-state index in [-0.39, 0.29) is 18.0 Å². The van der Waals surface area contributed by atoms with Gasteiger partial charge in [0.25, 0.3) is 0 Å². The number of hydrogen-bond donors (Lipinski definition) is 1. The van der Waals surface area contributed by atoms with Crippen LogP contribution in [0.2, 0.25) is 0 Å². The first kappa shape index (κ1) is 11.5. The highest BCUT2D eigenvalue weighted by molar-refractivity contribution is 5.10. The van der Waals surface area contributed by atoms with Crippen LogP contribution in [0.5, 0.6) is 0 Å². The molecule has 1 heterocycles. The molecule has 1 aromatic rings. The summed E-state index contributed by atoms with van der Waals surface area (Å²) in [6.07, 6.45) is 5.58. The Morgan fingerprint density at radius 2 is 2.31 bits per heavy atom. The third kappa shape index (κ3) is 2.57. The average Bonchev–Trinajstić information content (AvgIpc) is 2.64. The van der Waals surface area contributed by atoms with Crippen molar-refractivity contribution in [2.45, 2.75) is 38.0 Å². The van der Waals surface area contributed by atoms with Gasteiger partial charge in [0.2, 0.25) is 0 Å². The molecule has 2 atom stereocenters. The van der Waals surface area contributed by atoms with Crippen LogP contribution >= 0.6 is 0 Å². The SMILES string of the molecule is CN(Cc1cncc(F)c1)[C@@H]1CCC[C@H]1O. The summed E-state index contributed by atoms with van der Waals surface area (Å²) in [7, 11) is 1.96. The summed E-state index contributed by atoms with van der Waals surface area (Å²) in [5.41, 5.74) is 0.849. The molecule has 0 aliphatic heterocycles. The Morgan fingerprint density at radius 1 is 1.50 bits per heavy atom. The summed E-state index contributed by atoms with van der Waals surface area (Å²) in [6, 6.07) is 1.69. The molecule has 1 aromatic heterocycles. The Bertz CT molecular complexity index is 359. The number of likely N-dealkylation sites (N-methyl/N-ethyl adjacent to an activating group) is 1. The van der Waals surface area contributed by atoms with E-state index in [1.165, 1.54) is 12.3 Å². The normalized spacial score (nSPS) is 25.2. The van der Waals surface area contributed by atoms with Gasteiger partial charge in [-0.05, 0) is 37.9 Å². The quantitative estimate of drug-likeness (QED) is 0.846. The summed E-state index contributed by atoms with van der Waals surface area (Å²) < 4.78 is 12.9. The van der Waals surface area contributed by atoms with Crippen LogP contribution in [0.1, 0.15) is 24.8 Å². The lowest BCUT2D eigenvalue weighted by atomic mass is 10.1. The highest BCUT2D eigenvalue weighted by Crippen LogP contribution is 2.24. The lowest BCUT2D eigenvalue weighted by Crippen LogP contribution is -2.37. The molecule has 0 unspecified atom stereocenters. The first-order chi connectivity index (χ1) is 7.66. The van der Waals surface area contributed by atoms with Crippen molar-refractivity contribution in [2.24, 2.45) is 0 Å². The highest BCUT2D eigenvalue weighted by Gasteiger charge is 2.28. The van der Waals surface area contributed by atoms with E-state index in [9.17, 15) is 9.50 Å². The van der Waals surface area contributed by atoms with Crippen molar-refractivity contribution >= 4 is 0 Å². The topological polar surface area (TPSA) is 36.4 Å². The first-order valence-electron chi connectivity index (χ1n) is 5.64. The maximum atomic E-state index is 12.9. The smallest absolute Gasteiger partial charge is 0.141 e. The Labute approximate surface area is 94.9 Å². The van der Waals surface area contributed by atoms with Gasteiger partial charge in [-0.25, -0.2) is 4.39 Å². The van der Waals surface area contributed by atoms with E-state index in [1.807, 2.05) is 7.05 Å². The number of aliphatic hydroxyl groups is 1. The standard InChI is InChI=1S/C12H17FN2O/c1-15(11-3-2-4-12(11)16)8-9-5-10(13)7-14-6-9/h5-7,11-12,16H,2-4,8H2,1H3/t11-,12-/m1/s1. The molecule has 4 heteroatoms. The molecule has 88 valence electrons. The van der Waals surface area contributed by atoms with Crippen LogP contribution in [0.25, 0.3) is 0 Å². The largest absolute Gasteiger partial charge is 0.391 e. The number of hydrogen-bond acceptors (Lipinski definition) is 3. The predicted octanol–water partition coefficient (Wildman–Crippen LogP) is 1.57. The third-order valence-corrected chi connectivity index (χ3v) is 3.20. The molecule has 0 aromatic carbocycles. The molecule has 1 saturated carbocycles. The Hall–Kier alpha value is -1.00. The number of pyridine rings is 1. The second kappa shape index (κ2) is 4.89. The van der Waals surface area contributed by atoms with Crippen molar-refractivity contribution in [3.8, 4) is 0 Å². The van der Waals surface area contributed by atoms with Gasteiger partial charge in [0.05, 0.1) is 12.3 Å². The fraction of sp³-hybridized carbons (Fsp3) is 0.583. The van der Waals surface area contributed by atoms with Crippen molar-refractivity contribution < 1.29 is 9.50 Å². The van der Waals surface area contributed by atoms with Crippen LogP contribution in [-0.4, -0.2) is 34.2 Å². The number of nitrogens with zero attached hydrogens (tertiary/aromatic N) is 2. The van der Waals surface area contributed by atoms with Crippen LogP contribution in [0, 0.1) is 5.82 Å². The minimum Gasteiger partial charge on any atom is -0.391 e. The third-order valence-electron chi connectivity index (χ3n) is 3.20. The van der Waals surface area contributed by atoms with Gasteiger partial charge in [-0.15, -0.1) is 0 Å². The van der Waals surface area contributed by atoms with Crippen molar-refractivity contribution in [2.75, 3.05) is 7.05 Å². The zero-order chi connectivity index (χ0) is 11.5. The summed E-state index contributed by atoms with van der Waals surface area (Å²) in [5, 5.41) is 9.76. The van der Waals surface area contributed by atoms with Crippen molar-refractivity contribution in [1.29, 1.82) is 0 Å². The fourth-order valence-electron chi connectivity index (χ4n) is 2.38. The molecule has 0 amide bonds. The lowest BCUT2D eigenvalue weighted by molar-refractivity contribution is 0.0824. The number of halogens is 1. The van der Waals surface area contributed by atoms with Gasteiger partial charge in [0, 0.05) is 18.8 Å². The molecule has 0 radical (unpaired) electrons. The van der Waals surface area contributed by atoms with Gasteiger partial charge < -0.3 is 5.11 Å². The summed E-state index contributed by atoms with van der Waals surface area (Å²) in [5.74, 6) is -0.308. The second-order valence-corrected chi connectivity index (χ2v) is 4.49. The van der Waals surface area contributed by atoms with Gasteiger partial charge in [0.1, 0.15) is 5.82 Å². The van der Waals surface area contributed by atoms with Crippen molar-refractivity contribution in [1.82, 2.24) is 9.88 Å². The zero-order valence-corrected chi connectivity index (χ0v) is 9.43. The molecule has 16 heavy (non-hydrogen) atoms. The molecule has 1 fully saturated rings. The van der Waals surface area contributed by atoms with Crippen molar-refractivity contribution in [3.63, 3.8) is 0 Å². The van der Waals surface area contributed by atoms with Gasteiger partial charge in [-0.3, -0.25) is 9.88 Å². The van der Waals surface area contributed by atoms with Crippen LogP contribution < -0.4 is 0 Å². The van der Waals surface area contributed by atoms with E-state index in [1.54, 1.807) is 6.20 Å². The minimum absolute atomic E-state index is 0.197. The van der Waals surface area contributed by atoms with Gasteiger partial charge in [-0.1, -0.05) is 0 Å². The van der Waals surface area contributed by atoms with Crippen LogP contribution in [-0.2, 0) is 6.54 Å². The van der Waals surface area contributed by atoms with Gasteiger partial charge >= 0.3 is 0 Å². The maximum Gasteiger partial charge on any atom is 0.141 e. The summed E-state index contributed by atoms with van der Waals surface area (Å²) in [6.45, 7) is 0.631. The fourth-order valence-corrected chi connectivity index (χ4v) is 2.38. The molecular formula is C12H17FN2O. The monoisotopic (exact) mass is 224 g/mol. The molecule has 1 aliphatic carbocycles. The molecule has 1 aliphatic rings. The Balaban J connectivity index is 1.99. The number of rotatable bonds is 3. The van der Waals surface area contributed by atoms with E-state index in [0.717, 1.165) is 24.8 Å². The molecule has 2 rings (SSSR count). The van der Waals surface area contributed by atoms with Crippen LogP contribution in [0.3, 0.4) is 0 Å². The zero-order valence-electron chi connectivity index (χ0n) is 9.43. The molecule has 0 spiro atoms. The maximum absolute atomic E-state index is 12.9. The minimum atomic E-state index is -0.308. The van der Waals surface area contributed by atoms with E-state index in [2.05, 4.69) is 9.88 Å². The Kier molecular flexibility index (Phi) is 3.51. The first-order valence-corrected chi connectivity index (χ1v) is 5.64. The molecule has 1 N–H and O–H groups in total. The van der Waals surface area contributed by atoms with Gasteiger partial charge in [-0.2, -0.15) is 0 Å².